The molecule has 1 heterocycles. The van der Waals surface area contributed by atoms with Crippen LogP contribution in [-0.4, -0.2) is 13.2 Å². The molecule has 0 N–H and O–H groups in total. The van der Waals surface area contributed by atoms with E-state index >= 15 is 0 Å². The zero-order valence-corrected chi connectivity index (χ0v) is 12.4. The predicted molar refractivity (Wildman–Crippen MR) is 77.4 cm³/mol. The van der Waals surface area contributed by atoms with Gasteiger partial charge in [0.05, 0.1) is 18.6 Å². The van der Waals surface area contributed by atoms with Gasteiger partial charge >= 0.3 is 0 Å². The van der Waals surface area contributed by atoms with E-state index in [2.05, 4.69) is 26.0 Å². The van der Waals surface area contributed by atoms with Crippen LogP contribution < -0.4 is 9.47 Å². The molecule has 1 atom stereocenters. The van der Waals surface area contributed by atoms with Crippen LogP contribution in [0.3, 0.4) is 0 Å². The maximum absolute atomic E-state index is 6.62. The molecule has 0 aromatic heterocycles. The number of fused-ring (bicyclic) bond motifs is 2. The number of hydrogen-bond donors (Lipinski definition) is 0. The number of ether oxygens (including phenoxy) is 2. The van der Waals surface area contributed by atoms with Crippen LogP contribution in [0.25, 0.3) is 0 Å². The second-order valence-electron chi connectivity index (χ2n) is 6.38. The fourth-order valence-corrected chi connectivity index (χ4v) is 3.57. The maximum Gasteiger partial charge on any atom is 0.161 e. The van der Waals surface area contributed by atoms with Gasteiger partial charge in [-0.2, -0.15) is 0 Å². The minimum atomic E-state index is 0.0738. The van der Waals surface area contributed by atoms with Crippen molar-refractivity contribution in [2.45, 2.75) is 44.9 Å². The fraction of sp³-hybridized carbons (Fsp3) is 0.625. The fourth-order valence-electron chi connectivity index (χ4n) is 2.94. The van der Waals surface area contributed by atoms with Gasteiger partial charge in [-0.05, 0) is 47.9 Å². The molecule has 2 nitrogen and oxygen atoms in total. The summed E-state index contributed by atoms with van der Waals surface area (Å²) in [7, 11) is 0. The third kappa shape index (κ3) is 2.69. The molecular weight excluding hydrogens is 260 g/mol. The van der Waals surface area contributed by atoms with E-state index in [9.17, 15) is 0 Å². The average Bonchev–Trinajstić information content (AvgIpc) is 2.63. The zero-order chi connectivity index (χ0) is 13.5. The summed E-state index contributed by atoms with van der Waals surface area (Å²) in [5.41, 5.74) is 2.86. The van der Waals surface area contributed by atoms with Gasteiger partial charge in [0.1, 0.15) is 0 Å². The Morgan fingerprint density at radius 3 is 2.58 bits per heavy atom. The Kier molecular flexibility index (Phi) is 3.38. The molecule has 0 spiro atoms. The molecule has 3 rings (SSSR count). The molecule has 1 aliphatic carbocycles. The second-order valence-corrected chi connectivity index (χ2v) is 6.91. The SMILES string of the molecule is CC1(C)CCc2cc3c(cc2C(Cl)C1)OCCCO3. The summed E-state index contributed by atoms with van der Waals surface area (Å²) in [6.45, 7) is 6.06. The summed E-state index contributed by atoms with van der Waals surface area (Å²) in [4.78, 5) is 0. The van der Waals surface area contributed by atoms with Gasteiger partial charge in [-0.25, -0.2) is 0 Å². The Balaban J connectivity index is 2.01. The highest BCUT2D eigenvalue weighted by atomic mass is 35.5. The molecule has 2 aliphatic rings. The van der Waals surface area contributed by atoms with Gasteiger partial charge in [0, 0.05) is 6.42 Å². The molecule has 0 radical (unpaired) electrons. The first-order chi connectivity index (χ1) is 9.05. The van der Waals surface area contributed by atoms with Crippen molar-refractivity contribution in [1.29, 1.82) is 0 Å². The van der Waals surface area contributed by atoms with Crippen molar-refractivity contribution in [3.8, 4) is 11.5 Å². The molecule has 1 aromatic rings. The molecule has 0 bridgehead atoms. The number of alkyl halides is 1. The van der Waals surface area contributed by atoms with Crippen LogP contribution >= 0.6 is 11.6 Å². The number of hydrogen-bond acceptors (Lipinski definition) is 2. The van der Waals surface area contributed by atoms with E-state index in [1.807, 2.05) is 0 Å². The highest BCUT2D eigenvalue weighted by Crippen LogP contribution is 2.45. The van der Waals surface area contributed by atoms with E-state index in [1.165, 1.54) is 17.5 Å². The van der Waals surface area contributed by atoms with Crippen LogP contribution in [0.1, 0.15) is 49.6 Å². The largest absolute Gasteiger partial charge is 0.490 e. The van der Waals surface area contributed by atoms with Crippen molar-refractivity contribution in [3.05, 3.63) is 23.3 Å². The zero-order valence-electron chi connectivity index (χ0n) is 11.7. The lowest BCUT2D eigenvalue weighted by atomic mass is 9.84. The smallest absolute Gasteiger partial charge is 0.161 e. The van der Waals surface area contributed by atoms with Gasteiger partial charge in [-0.1, -0.05) is 13.8 Å². The second kappa shape index (κ2) is 4.90. The van der Waals surface area contributed by atoms with Crippen LogP contribution in [0.5, 0.6) is 11.5 Å². The summed E-state index contributed by atoms with van der Waals surface area (Å²) < 4.78 is 11.5. The van der Waals surface area contributed by atoms with Crippen LogP contribution in [0, 0.1) is 5.41 Å². The molecule has 1 aromatic carbocycles. The van der Waals surface area contributed by atoms with Gasteiger partial charge in [0.15, 0.2) is 11.5 Å². The summed E-state index contributed by atoms with van der Waals surface area (Å²) in [5.74, 6) is 1.75. The summed E-state index contributed by atoms with van der Waals surface area (Å²) in [5, 5.41) is 0.0738. The molecule has 104 valence electrons. The molecule has 1 unspecified atom stereocenters. The van der Waals surface area contributed by atoms with E-state index in [4.69, 9.17) is 21.1 Å². The minimum absolute atomic E-state index is 0.0738. The van der Waals surface area contributed by atoms with Gasteiger partial charge in [-0.3, -0.25) is 0 Å². The van der Waals surface area contributed by atoms with Crippen LogP contribution in [0.4, 0.5) is 0 Å². The van der Waals surface area contributed by atoms with Crippen molar-refractivity contribution < 1.29 is 9.47 Å². The Morgan fingerprint density at radius 2 is 1.84 bits per heavy atom. The quantitative estimate of drug-likeness (QED) is 0.515. The average molecular weight is 281 g/mol. The van der Waals surface area contributed by atoms with Crippen LogP contribution in [0.2, 0.25) is 0 Å². The van der Waals surface area contributed by atoms with E-state index in [-0.39, 0.29) is 5.38 Å². The standard InChI is InChI=1S/C16H21ClO2/c1-16(2)5-4-11-8-14-15(19-7-3-6-18-14)9-12(11)13(17)10-16/h8-9,13H,3-7,10H2,1-2H3. The third-order valence-corrected chi connectivity index (χ3v) is 4.54. The topological polar surface area (TPSA) is 18.5 Å². The van der Waals surface area contributed by atoms with E-state index in [0.29, 0.717) is 5.41 Å². The lowest BCUT2D eigenvalue weighted by molar-refractivity contribution is 0.296. The first-order valence-electron chi connectivity index (χ1n) is 7.12. The number of benzene rings is 1. The lowest BCUT2D eigenvalue weighted by Gasteiger charge is -2.23. The van der Waals surface area contributed by atoms with E-state index in [0.717, 1.165) is 44.0 Å². The number of rotatable bonds is 0. The van der Waals surface area contributed by atoms with E-state index < -0.39 is 0 Å². The van der Waals surface area contributed by atoms with E-state index in [1.54, 1.807) is 0 Å². The normalized spacial score (nSPS) is 25.1. The summed E-state index contributed by atoms with van der Waals surface area (Å²) >= 11 is 6.62. The lowest BCUT2D eigenvalue weighted by Crippen LogP contribution is -2.11. The van der Waals surface area contributed by atoms with Crippen molar-refractivity contribution >= 4 is 11.6 Å². The molecule has 0 fully saturated rings. The number of aryl methyl sites for hydroxylation is 1. The van der Waals surface area contributed by atoms with Crippen LogP contribution in [0.15, 0.2) is 12.1 Å². The maximum atomic E-state index is 6.62. The van der Waals surface area contributed by atoms with Crippen LogP contribution in [-0.2, 0) is 6.42 Å². The van der Waals surface area contributed by atoms with Crippen molar-refractivity contribution in [3.63, 3.8) is 0 Å². The summed E-state index contributed by atoms with van der Waals surface area (Å²) in [6, 6.07) is 4.25. The van der Waals surface area contributed by atoms with Crippen molar-refractivity contribution in [1.82, 2.24) is 0 Å². The monoisotopic (exact) mass is 280 g/mol. The van der Waals surface area contributed by atoms with Crippen molar-refractivity contribution in [2.75, 3.05) is 13.2 Å². The predicted octanol–water partition coefficient (Wildman–Crippen LogP) is 4.49. The molecular formula is C16H21ClO2. The molecule has 3 heteroatoms. The highest BCUT2D eigenvalue weighted by Gasteiger charge is 2.29. The Labute approximate surface area is 120 Å². The Morgan fingerprint density at radius 1 is 1.16 bits per heavy atom. The van der Waals surface area contributed by atoms with Gasteiger partial charge in [-0.15, -0.1) is 11.6 Å². The molecule has 1 aliphatic heterocycles. The molecule has 0 amide bonds. The molecule has 0 saturated carbocycles. The van der Waals surface area contributed by atoms with Gasteiger partial charge in [0.2, 0.25) is 0 Å². The first kappa shape index (κ1) is 13.1. The first-order valence-corrected chi connectivity index (χ1v) is 7.55. The molecule has 0 saturated heterocycles. The van der Waals surface area contributed by atoms with Gasteiger partial charge in [0.25, 0.3) is 0 Å². The molecule has 19 heavy (non-hydrogen) atoms. The van der Waals surface area contributed by atoms with Gasteiger partial charge < -0.3 is 9.47 Å². The highest BCUT2D eigenvalue weighted by molar-refractivity contribution is 6.21. The minimum Gasteiger partial charge on any atom is -0.490 e. The number of halogens is 1. The Hall–Kier alpha value is -0.890. The van der Waals surface area contributed by atoms with Crippen molar-refractivity contribution in [2.24, 2.45) is 5.41 Å². The third-order valence-electron chi connectivity index (χ3n) is 4.15. The Bertz CT molecular complexity index is 482. The summed E-state index contributed by atoms with van der Waals surface area (Å²) in [6.07, 6.45) is 4.20.